The Bertz CT molecular complexity index is 1760. The van der Waals surface area contributed by atoms with E-state index in [1.807, 2.05) is 95.9 Å². The molecule has 1 spiro atoms. The molecule has 3 heterocycles. The second kappa shape index (κ2) is 10.1. The molecular weight excluding hydrogens is 544 g/mol. The first-order chi connectivity index (χ1) is 20.4. The Balaban J connectivity index is 1.50. The van der Waals surface area contributed by atoms with Crippen molar-refractivity contribution in [3.8, 4) is 0 Å². The molecule has 1 N–H and O–H groups in total. The first kappa shape index (κ1) is 26.4. The van der Waals surface area contributed by atoms with Crippen LogP contribution in [-0.2, 0) is 16.6 Å². The Labute approximate surface area is 249 Å². The molecule has 42 heavy (non-hydrogen) atoms. The van der Waals surface area contributed by atoms with Crippen molar-refractivity contribution in [3.05, 3.63) is 136 Å². The van der Waals surface area contributed by atoms with Gasteiger partial charge in [0.25, 0.3) is 0 Å². The Morgan fingerprint density at radius 1 is 0.881 bits per heavy atom. The Hall–Kier alpha value is -4.48. The van der Waals surface area contributed by atoms with Crippen LogP contribution < -0.4 is 10.2 Å². The number of rotatable bonds is 6. The lowest BCUT2D eigenvalue weighted by Crippen LogP contribution is -2.51. The summed E-state index contributed by atoms with van der Waals surface area (Å²) in [6, 6.07) is 28.2. The third-order valence-electron chi connectivity index (χ3n) is 8.98. The zero-order chi connectivity index (χ0) is 29.0. The average Bonchev–Trinajstić information content (AvgIpc) is 3.49. The SMILES string of the molecule is CCCc1ccc(C(=O)[C@@H]2[C@@H](C(=O)c3ccccc3)N3c4ccc(Cl)cc4C=C[C@@H]3[C@@]23C(=O)Nc2ccccc23)cc1. The number of aryl methyl sites for hydroxylation is 1. The van der Waals surface area contributed by atoms with Gasteiger partial charge in [-0.05, 0) is 47.4 Å². The molecule has 5 nitrogen and oxygen atoms in total. The van der Waals surface area contributed by atoms with Crippen LogP contribution >= 0.6 is 11.6 Å². The van der Waals surface area contributed by atoms with Gasteiger partial charge in [0.2, 0.25) is 5.91 Å². The van der Waals surface area contributed by atoms with Crippen molar-refractivity contribution < 1.29 is 14.4 Å². The minimum Gasteiger partial charge on any atom is -0.352 e. The smallest absolute Gasteiger partial charge is 0.238 e. The van der Waals surface area contributed by atoms with Gasteiger partial charge in [-0.1, -0.05) is 110 Å². The number of ketones is 2. The van der Waals surface area contributed by atoms with Crippen LogP contribution in [0.1, 0.15) is 50.8 Å². The van der Waals surface area contributed by atoms with Crippen LogP contribution in [0.3, 0.4) is 0 Å². The molecule has 6 heteroatoms. The lowest BCUT2D eigenvalue weighted by Gasteiger charge is -2.37. The van der Waals surface area contributed by atoms with Gasteiger partial charge >= 0.3 is 0 Å². The summed E-state index contributed by atoms with van der Waals surface area (Å²) in [4.78, 5) is 45.9. The van der Waals surface area contributed by atoms with E-state index >= 15 is 0 Å². The van der Waals surface area contributed by atoms with Crippen LogP contribution in [0.5, 0.6) is 0 Å². The van der Waals surface area contributed by atoms with Crippen molar-refractivity contribution in [2.24, 2.45) is 5.92 Å². The minimum absolute atomic E-state index is 0.202. The normalized spacial score (nSPS) is 23.3. The van der Waals surface area contributed by atoms with Crippen LogP contribution in [0.25, 0.3) is 6.08 Å². The van der Waals surface area contributed by atoms with Crippen molar-refractivity contribution in [2.45, 2.75) is 37.3 Å². The van der Waals surface area contributed by atoms with Crippen molar-refractivity contribution in [2.75, 3.05) is 10.2 Å². The maximum Gasteiger partial charge on any atom is 0.238 e. The quantitative estimate of drug-likeness (QED) is 0.249. The standard InChI is InChI=1S/C36H29ClN2O3/c1-2-8-22-13-15-24(16-14-22)33(40)31-32(34(41)23-9-4-3-5-10-23)39-29-19-18-26(37)21-25(29)17-20-30(39)36(31)27-11-6-7-12-28(27)38-35(36)42/h3-7,9-21,30-32H,2,8H2,1H3,(H,38,42)/t30-,31+,32+,36-/m1/s1. The third kappa shape index (κ3) is 3.80. The molecule has 7 rings (SSSR count). The molecule has 1 fully saturated rings. The predicted octanol–water partition coefficient (Wildman–Crippen LogP) is 7.15. The maximum absolute atomic E-state index is 14.9. The molecule has 0 saturated carbocycles. The number of amides is 1. The zero-order valence-corrected chi connectivity index (χ0v) is 23.8. The zero-order valence-electron chi connectivity index (χ0n) is 23.1. The summed E-state index contributed by atoms with van der Waals surface area (Å²) in [5.74, 6) is -1.70. The highest BCUT2D eigenvalue weighted by molar-refractivity contribution is 6.31. The summed E-state index contributed by atoms with van der Waals surface area (Å²) in [6.45, 7) is 2.12. The van der Waals surface area contributed by atoms with E-state index in [1.165, 1.54) is 0 Å². The van der Waals surface area contributed by atoms with E-state index in [-0.39, 0.29) is 17.5 Å². The molecule has 0 unspecified atom stereocenters. The largest absolute Gasteiger partial charge is 0.352 e. The van der Waals surface area contributed by atoms with Gasteiger partial charge in [0.1, 0.15) is 11.5 Å². The minimum atomic E-state index is -1.33. The van der Waals surface area contributed by atoms with E-state index < -0.39 is 23.4 Å². The summed E-state index contributed by atoms with van der Waals surface area (Å²) in [5.41, 5.74) is 3.79. The summed E-state index contributed by atoms with van der Waals surface area (Å²) in [6.07, 6.45) is 5.82. The number of benzene rings is 4. The highest BCUT2D eigenvalue weighted by Crippen LogP contribution is 2.58. The van der Waals surface area contributed by atoms with Gasteiger partial charge in [0, 0.05) is 27.5 Å². The summed E-state index contributed by atoms with van der Waals surface area (Å²) >= 11 is 6.38. The summed E-state index contributed by atoms with van der Waals surface area (Å²) < 4.78 is 0. The highest BCUT2D eigenvalue weighted by Gasteiger charge is 2.70. The second-order valence-corrected chi connectivity index (χ2v) is 11.7. The third-order valence-corrected chi connectivity index (χ3v) is 9.22. The van der Waals surface area contributed by atoms with Gasteiger partial charge in [0.05, 0.1) is 12.0 Å². The topological polar surface area (TPSA) is 66.5 Å². The Kier molecular flexibility index (Phi) is 6.36. The van der Waals surface area contributed by atoms with Gasteiger partial charge in [-0.15, -0.1) is 0 Å². The first-order valence-corrected chi connectivity index (χ1v) is 14.7. The number of para-hydroxylation sites is 1. The summed E-state index contributed by atoms with van der Waals surface area (Å²) in [5, 5.41) is 3.64. The fourth-order valence-electron chi connectivity index (χ4n) is 7.23. The fraction of sp³-hybridized carbons (Fsp3) is 0.194. The van der Waals surface area contributed by atoms with Gasteiger partial charge in [-0.3, -0.25) is 14.4 Å². The highest BCUT2D eigenvalue weighted by atomic mass is 35.5. The Morgan fingerprint density at radius 2 is 1.60 bits per heavy atom. The van der Waals surface area contributed by atoms with Crippen LogP contribution in [0.15, 0.2) is 103 Å². The molecule has 0 aliphatic carbocycles. The van der Waals surface area contributed by atoms with Crippen molar-refractivity contribution >= 4 is 46.5 Å². The Morgan fingerprint density at radius 3 is 2.36 bits per heavy atom. The molecule has 1 saturated heterocycles. The number of hydrogen-bond donors (Lipinski definition) is 1. The molecule has 0 radical (unpaired) electrons. The number of carbonyl (C=O) groups excluding carboxylic acids is 3. The molecule has 0 aromatic heterocycles. The van der Waals surface area contributed by atoms with Crippen molar-refractivity contribution in [3.63, 3.8) is 0 Å². The fourth-order valence-corrected chi connectivity index (χ4v) is 7.41. The van der Waals surface area contributed by atoms with E-state index in [4.69, 9.17) is 11.6 Å². The molecule has 208 valence electrons. The average molecular weight is 573 g/mol. The van der Waals surface area contributed by atoms with Crippen LogP contribution in [0.2, 0.25) is 5.02 Å². The van der Waals surface area contributed by atoms with E-state index in [0.29, 0.717) is 21.8 Å². The maximum atomic E-state index is 14.9. The second-order valence-electron chi connectivity index (χ2n) is 11.2. The number of Topliss-reactive ketones (excluding diaryl/α,β-unsaturated/α-hetero) is 2. The van der Waals surface area contributed by atoms with Crippen LogP contribution in [0, 0.1) is 5.92 Å². The predicted molar refractivity (Wildman–Crippen MR) is 166 cm³/mol. The molecule has 4 aromatic rings. The number of halogens is 1. The lowest BCUT2D eigenvalue weighted by atomic mass is 9.64. The molecule has 3 aliphatic rings. The van der Waals surface area contributed by atoms with E-state index in [1.54, 1.807) is 18.2 Å². The molecule has 1 amide bonds. The number of anilines is 2. The number of nitrogens with one attached hydrogen (secondary N) is 1. The molecule has 0 bridgehead atoms. The van der Waals surface area contributed by atoms with E-state index in [2.05, 4.69) is 12.2 Å². The molecule has 4 atom stereocenters. The van der Waals surface area contributed by atoms with E-state index in [9.17, 15) is 14.4 Å². The number of fused-ring (bicyclic) bond motifs is 6. The monoisotopic (exact) mass is 572 g/mol. The van der Waals surface area contributed by atoms with Crippen LogP contribution in [0.4, 0.5) is 11.4 Å². The van der Waals surface area contributed by atoms with Gasteiger partial charge in [-0.25, -0.2) is 0 Å². The van der Waals surface area contributed by atoms with Crippen molar-refractivity contribution in [1.82, 2.24) is 0 Å². The number of hydrogen-bond acceptors (Lipinski definition) is 4. The number of nitrogens with zero attached hydrogens (tertiary/aromatic N) is 1. The molecule has 4 aromatic carbocycles. The molecular formula is C36H29ClN2O3. The summed E-state index contributed by atoms with van der Waals surface area (Å²) in [7, 11) is 0. The first-order valence-electron chi connectivity index (χ1n) is 14.3. The van der Waals surface area contributed by atoms with E-state index in [0.717, 1.165) is 35.2 Å². The number of carbonyl (C=O) groups is 3. The van der Waals surface area contributed by atoms with Gasteiger partial charge in [0.15, 0.2) is 11.6 Å². The van der Waals surface area contributed by atoms with Crippen molar-refractivity contribution in [1.29, 1.82) is 0 Å². The molecule has 3 aliphatic heterocycles. The van der Waals surface area contributed by atoms with Gasteiger partial charge < -0.3 is 10.2 Å². The lowest BCUT2D eigenvalue weighted by molar-refractivity contribution is -0.121. The van der Waals surface area contributed by atoms with Crippen LogP contribution in [-0.4, -0.2) is 29.6 Å². The van der Waals surface area contributed by atoms with Gasteiger partial charge in [-0.2, -0.15) is 0 Å².